The summed E-state index contributed by atoms with van der Waals surface area (Å²) in [5, 5.41) is 15.8. The third-order valence-electron chi connectivity index (χ3n) is 0.999. The van der Waals surface area contributed by atoms with Gasteiger partial charge < -0.3 is 10.5 Å². The summed E-state index contributed by atoms with van der Waals surface area (Å²) in [6.45, 7) is 0. The molecule has 2 N–H and O–H groups in total. The number of rotatable bonds is 0. The Hall–Kier alpha value is -0.460. The Kier molecular flexibility index (Phi) is 3.36. The van der Waals surface area contributed by atoms with Crippen LogP contribution in [-0.4, -0.2) is 16.9 Å². The Labute approximate surface area is 57.4 Å². The Morgan fingerprint density at radius 1 is 1.44 bits per heavy atom. The van der Waals surface area contributed by atoms with E-state index in [9.17, 15) is 0 Å². The second kappa shape index (κ2) is 3.54. The van der Waals surface area contributed by atoms with Crippen LogP contribution in [0.4, 0.5) is 0 Å². The van der Waals surface area contributed by atoms with Crippen molar-refractivity contribution < 1.29 is 5.11 Å². The highest BCUT2D eigenvalue weighted by Gasteiger charge is 2.03. The van der Waals surface area contributed by atoms with Gasteiger partial charge in [-0.1, -0.05) is 18.2 Å². The Morgan fingerprint density at radius 3 is 2.44 bits per heavy atom. The van der Waals surface area contributed by atoms with Gasteiger partial charge in [-0.2, -0.15) is 9.90 Å². The van der Waals surface area contributed by atoms with Crippen LogP contribution in [-0.2, 0) is 0 Å². The fourth-order valence-electron chi connectivity index (χ4n) is 0.531. The molecule has 2 unspecified atom stereocenters. The van der Waals surface area contributed by atoms with Crippen molar-refractivity contribution in [1.82, 2.24) is 0 Å². The van der Waals surface area contributed by atoms with Gasteiger partial charge in [0.2, 0.25) is 0 Å². The van der Waals surface area contributed by atoms with E-state index < -0.39 is 6.10 Å². The molecule has 3 heteroatoms. The normalized spacial score (nSPS) is 23.7. The fraction of sp³-hybridized carbons (Fsp3) is 0.167. The number of nitrogens with one attached hydrogen (secondary N) is 1. The molecule has 0 amide bonds. The summed E-state index contributed by atoms with van der Waals surface area (Å²) in [6, 6.07) is 0. The van der Waals surface area contributed by atoms with Gasteiger partial charge in [0.05, 0.1) is 5.71 Å². The Balaban J connectivity index is 0.000000640. The largest absolute Gasteiger partial charge is 0.383 e. The summed E-state index contributed by atoms with van der Waals surface area (Å²) < 4.78 is 0. The standard InChI is InChI=1S/C6H7NO.H3P/c7-5-3-1-2-4-6(5)8;/h1-4,6-8H;1H3. The van der Waals surface area contributed by atoms with E-state index >= 15 is 0 Å². The van der Waals surface area contributed by atoms with E-state index in [0.29, 0.717) is 0 Å². The van der Waals surface area contributed by atoms with Gasteiger partial charge in [-0.15, -0.1) is 0 Å². The smallest absolute Gasteiger partial charge is 0.114 e. The quantitative estimate of drug-likeness (QED) is 0.478. The molecule has 9 heavy (non-hydrogen) atoms. The van der Waals surface area contributed by atoms with Crippen LogP contribution in [0, 0.1) is 5.41 Å². The van der Waals surface area contributed by atoms with Crippen LogP contribution in [0.3, 0.4) is 0 Å². The summed E-state index contributed by atoms with van der Waals surface area (Å²) in [7, 11) is 0. The van der Waals surface area contributed by atoms with Crippen LogP contribution in [0.5, 0.6) is 0 Å². The summed E-state index contributed by atoms with van der Waals surface area (Å²) in [5.41, 5.74) is 0.257. The molecule has 2 nitrogen and oxygen atoms in total. The topological polar surface area (TPSA) is 44.1 Å². The molecular formula is C6H10NOP. The molecule has 0 spiro atoms. The zero-order valence-electron chi connectivity index (χ0n) is 5.04. The molecule has 0 aromatic rings. The van der Waals surface area contributed by atoms with E-state index in [0.717, 1.165) is 0 Å². The number of allylic oxidation sites excluding steroid dienone is 2. The van der Waals surface area contributed by atoms with Crippen molar-refractivity contribution in [1.29, 1.82) is 5.41 Å². The van der Waals surface area contributed by atoms with Crippen LogP contribution >= 0.6 is 9.90 Å². The first-order chi connectivity index (χ1) is 3.80. The lowest BCUT2D eigenvalue weighted by Gasteiger charge is -2.04. The molecule has 0 saturated heterocycles. The first-order valence-corrected chi connectivity index (χ1v) is 2.42. The lowest BCUT2D eigenvalue weighted by molar-refractivity contribution is 0.288. The molecule has 1 rings (SSSR count). The lowest BCUT2D eigenvalue weighted by Crippen LogP contribution is -2.15. The highest BCUT2D eigenvalue weighted by molar-refractivity contribution is 6.92. The predicted molar refractivity (Wildman–Crippen MR) is 43.1 cm³/mol. The van der Waals surface area contributed by atoms with Crippen LogP contribution in [0.2, 0.25) is 0 Å². The molecule has 0 aliphatic heterocycles. The van der Waals surface area contributed by atoms with E-state index in [1.807, 2.05) is 0 Å². The third-order valence-corrected chi connectivity index (χ3v) is 0.999. The molecular weight excluding hydrogens is 133 g/mol. The van der Waals surface area contributed by atoms with Crippen LogP contribution in [0.25, 0.3) is 0 Å². The molecule has 50 valence electrons. The monoisotopic (exact) mass is 143 g/mol. The van der Waals surface area contributed by atoms with Gasteiger partial charge in [0.15, 0.2) is 0 Å². The third kappa shape index (κ3) is 2.08. The van der Waals surface area contributed by atoms with Gasteiger partial charge in [0.1, 0.15) is 6.10 Å². The molecule has 0 fully saturated rings. The first kappa shape index (κ1) is 8.54. The van der Waals surface area contributed by atoms with Crippen molar-refractivity contribution in [3.8, 4) is 0 Å². The molecule has 2 atom stereocenters. The van der Waals surface area contributed by atoms with Crippen LogP contribution in [0.15, 0.2) is 24.3 Å². The van der Waals surface area contributed by atoms with Crippen LogP contribution < -0.4 is 0 Å². The molecule has 0 radical (unpaired) electrons. The maximum Gasteiger partial charge on any atom is 0.114 e. The number of hydrogen-bond donors (Lipinski definition) is 2. The van der Waals surface area contributed by atoms with E-state index in [1.165, 1.54) is 0 Å². The summed E-state index contributed by atoms with van der Waals surface area (Å²) in [6.07, 6.45) is 5.92. The van der Waals surface area contributed by atoms with Crippen molar-refractivity contribution in [2.75, 3.05) is 0 Å². The highest BCUT2D eigenvalue weighted by Crippen LogP contribution is 1.97. The van der Waals surface area contributed by atoms with E-state index in [1.54, 1.807) is 24.3 Å². The minimum absolute atomic E-state index is 0. The number of aliphatic hydroxyl groups excluding tert-OH is 1. The molecule has 0 saturated carbocycles. The predicted octanol–water partition coefficient (Wildman–Crippen LogP) is 0.551. The fourth-order valence-corrected chi connectivity index (χ4v) is 0.531. The zero-order valence-corrected chi connectivity index (χ0v) is 6.46. The Bertz CT molecular complexity index is 162. The molecule has 1 aliphatic carbocycles. The molecule has 0 heterocycles. The van der Waals surface area contributed by atoms with Gasteiger partial charge in [0.25, 0.3) is 0 Å². The van der Waals surface area contributed by atoms with Crippen molar-refractivity contribution in [3.63, 3.8) is 0 Å². The lowest BCUT2D eigenvalue weighted by atomic mass is 10.1. The Morgan fingerprint density at radius 2 is 2.11 bits per heavy atom. The molecule has 0 aromatic heterocycles. The van der Waals surface area contributed by atoms with Gasteiger partial charge in [-0.05, 0) is 6.08 Å². The van der Waals surface area contributed by atoms with Crippen molar-refractivity contribution in [3.05, 3.63) is 24.3 Å². The van der Waals surface area contributed by atoms with Crippen LogP contribution in [0.1, 0.15) is 0 Å². The van der Waals surface area contributed by atoms with Gasteiger partial charge >= 0.3 is 0 Å². The minimum atomic E-state index is -0.681. The average molecular weight is 143 g/mol. The maximum absolute atomic E-state index is 8.82. The van der Waals surface area contributed by atoms with Gasteiger partial charge in [0, 0.05) is 0 Å². The van der Waals surface area contributed by atoms with E-state index in [4.69, 9.17) is 10.5 Å². The summed E-state index contributed by atoms with van der Waals surface area (Å²) in [5.74, 6) is 0. The SMILES string of the molecule is N=C1C=CC=CC1O.P. The number of aliphatic hydroxyl groups is 1. The average Bonchev–Trinajstić information content (AvgIpc) is 1.77. The minimum Gasteiger partial charge on any atom is -0.383 e. The molecule has 0 aromatic carbocycles. The second-order valence-electron chi connectivity index (χ2n) is 1.64. The van der Waals surface area contributed by atoms with Crippen molar-refractivity contribution in [2.45, 2.75) is 6.10 Å². The van der Waals surface area contributed by atoms with E-state index in [-0.39, 0.29) is 15.6 Å². The number of hydrogen-bond acceptors (Lipinski definition) is 2. The second-order valence-corrected chi connectivity index (χ2v) is 1.64. The first-order valence-electron chi connectivity index (χ1n) is 2.42. The van der Waals surface area contributed by atoms with Gasteiger partial charge in [-0.3, -0.25) is 0 Å². The van der Waals surface area contributed by atoms with Crippen molar-refractivity contribution in [2.24, 2.45) is 0 Å². The molecule has 1 aliphatic rings. The molecule has 0 bridgehead atoms. The maximum atomic E-state index is 8.82. The summed E-state index contributed by atoms with van der Waals surface area (Å²) in [4.78, 5) is 0. The van der Waals surface area contributed by atoms with E-state index in [2.05, 4.69) is 0 Å². The van der Waals surface area contributed by atoms with Crippen molar-refractivity contribution >= 4 is 15.6 Å². The summed E-state index contributed by atoms with van der Waals surface area (Å²) >= 11 is 0. The zero-order chi connectivity index (χ0) is 5.98. The van der Waals surface area contributed by atoms with Gasteiger partial charge in [-0.25, -0.2) is 0 Å². The highest BCUT2D eigenvalue weighted by atomic mass is 31.0.